The van der Waals surface area contributed by atoms with Gasteiger partial charge in [0.1, 0.15) is 6.10 Å². The van der Waals surface area contributed by atoms with Gasteiger partial charge in [0.2, 0.25) is 5.91 Å². The molecular formula is C20H30N2O4. The molecule has 144 valence electrons. The molecule has 6 heteroatoms. The van der Waals surface area contributed by atoms with Crippen molar-refractivity contribution in [1.82, 2.24) is 0 Å². The van der Waals surface area contributed by atoms with E-state index < -0.39 is 11.9 Å². The van der Waals surface area contributed by atoms with E-state index in [4.69, 9.17) is 20.9 Å². The standard InChI is InChI=1S/C20H30N2O4/c1-6-13(3)18(19(22)23)15(21)8-7-12(2)11-14(4)16-9-10-17(25-5)20(24)26-16/h7-8,10-11,13-14,16H,6,9,21H2,1-5H3,(H2,22,23)/t13?,14?,16-/m0/s1. The number of hydrogen-bond donors (Lipinski definition) is 2. The van der Waals surface area contributed by atoms with Crippen molar-refractivity contribution < 1.29 is 19.1 Å². The van der Waals surface area contributed by atoms with Gasteiger partial charge < -0.3 is 20.9 Å². The molecule has 0 saturated heterocycles. The molecule has 2 unspecified atom stereocenters. The van der Waals surface area contributed by atoms with Gasteiger partial charge in [0, 0.05) is 23.6 Å². The van der Waals surface area contributed by atoms with E-state index in [1.807, 2.05) is 39.8 Å². The number of rotatable bonds is 8. The SMILES string of the molecule is CCC(C)C(C(N)=O)=C(N)C=CC(C)=CC(C)[C@@H]1CC=C(OC)C(=O)O1. The number of esters is 1. The van der Waals surface area contributed by atoms with Crippen LogP contribution in [-0.2, 0) is 19.1 Å². The van der Waals surface area contributed by atoms with E-state index in [1.54, 1.807) is 12.2 Å². The van der Waals surface area contributed by atoms with E-state index in [1.165, 1.54) is 7.11 Å². The summed E-state index contributed by atoms with van der Waals surface area (Å²) in [7, 11) is 1.45. The predicted molar refractivity (Wildman–Crippen MR) is 102 cm³/mol. The Bertz CT molecular complexity index is 659. The summed E-state index contributed by atoms with van der Waals surface area (Å²) in [5.74, 6) is -0.663. The minimum absolute atomic E-state index is 0.00350. The summed E-state index contributed by atoms with van der Waals surface area (Å²) < 4.78 is 10.3. The molecular weight excluding hydrogens is 332 g/mol. The summed E-state index contributed by atoms with van der Waals surface area (Å²) in [5, 5.41) is 0. The first-order valence-electron chi connectivity index (χ1n) is 8.82. The van der Waals surface area contributed by atoms with E-state index in [0.717, 1.165) is 12.0 Å². The summed E-state index contributed by atoms with van der Waals surface area (Å²) in [6, 6.07) is 0. The molecule has 1 heterocycles. The molecule has 0 aromatic carbocycles. The van der Waals surface area contributed by atoms with Crippen molar-refractivity contribution in [3.63, 3.8) is 0 Å². The van der Waals surface area contributed by atoms with Crippen molar-refractivity contribution in [2.45, 2.75) is 46.6 Å². The average Bonchev–Trinajstić information content (AvgIpc) is 2.59. The van der Waals surface area contributed by atoms with Crippen LogP contribution in [0.4, 0.5) is 0 Å². The lowest BCUT2D eigenvalue weighted by Crippen LogP contribution is -2.29. The Hall–Kier alpha value is -2.50. The smallest absolute Gasteiger partial charge is 0.373 e. The molecule has 0 aromatic rings. The van der Waals surface area contributed by atoms with Crippen LogP contribution in [0.5, 0.6) is 0 Å². The molecule has 0 bridgehead atoms. The number of nitrogens with two attached hydrogens (primary N) is 2. The maximum absolute atomic E-state index is 11.8. The lowest BCUT2D eigenvalue weighted by atomic mass is 9.95. The lowest BCUT2D eigenvalue weighted by molar-refractivity contribution is -0.151. The zero-order valence-electron chi connectivity index (χ0n) is 16.2. The van der Waals surface area contributed by atoms with Gasteiger partial charge in [-0.15, -0.1) is 0 Å². The summed E-state index contributed by atoms with van der Waals surface area (Å²) in [4.78, 5) is 23.4. The molecule has 4 N–H and O–H groups in total. The Morgan fingerprint density at radius 2 is 2.04 bits per heavy atom. The van der Waals surface area contributed by atoms with Crippen molar-refractivity contribution in [2.75, 3.05) is 7.11 Å². The van der Waals surface area contributed by atoms with Crippen molar-refractivity contribution >= 4 is 11.9 Å². The van der Waals surface area contributed by atoms with Gasteiger partial charge in [0.25, 0.3) is 0 Å². The van der Waals surface area contributed by atoms with Gasteiger partial charge >= 0.3 is 5.97 Å². The Morgan fingerprint density at radius 3 is 2.54 bits per heavy atom. The van der Waals surface area contributed by atoms with Crippen LogP contribution in [0.3, 0.4) is 0 Å². The van der Waals surface area contributed by atoms with Crippen molar-refractivity contribution in [3.8, 4) is 0 Å². The van der Waals surface area contributed by atoms with Gasteiger partial charge in [-0.2, -0.15) is 0 Å². The molecule has 6 nitrogen and oxygen atoms in total. The Labute approximate surface area is 155 Å². The second kappa shape index (κ2) is 9.85. The molecule has 26 heavy (non-hydrogen) atoms. The molecule has 1 amide bonds. The van der Waals surface area contributed by atoms with Crippen LogP contribution in [0.1, 0.15) is 40.5 Å². The van der Waals surface area contributed by atoms with Crippen LogP contribution >= 0.6 is 0 Å². The van der Waals surface area contributed by atoms with Crippen molar-refractivity contribution in [2.24, 2.45) is 23.3 Å². The van der Waals surface area contributed by atoms with Crippen LogP contribution in [0.2, 0.25) is 0 Å². The van der Waals surface area contributed by atoms with Gasteiger partial charge in [0.05, 0.1) is 7.11 Å². The van der Waals surface area contributed by atoms with Gasteiger partial charge in [-0.1, -0.05) is 38.5 Å². The second-order valence-electron chi connectivity index (χ2n) is 6.60. The van der Waals surface area contributed by atoms with E-state index in [0.29, 0.717) is 17.7 Å². The average molecular weight is 362 g/mol. The highest BCUT2D eigenvalue weighted by atomic mass is 16.6. The molecule has 0 aromatic heterocycles. The molecule has 0 fully saturated rings. The molecule has 1 aliphatic rings. The third kappa shape index (κ3) is 5.79. The van der Waals surface area contributed by atoms with E-state index in [2.05, 4.69) is 0 Å². The van der Waals surface area contributed by atoms with Gasteiger partial charge in [-0.25, -0.2) is 4.79 Å². The molecule has 0 spiro atoms. The van der Waals surface area contributed by atoms with Gasteiger partial charge in [-0.3, -0.25) is 4.79 Å². The third-order valence-electron chi connectivity index (χ3n) is 4.53. The third-order valence-corrected chi connectivity index (χ3v) is 4.53. The van der Waals surface area contributed by atoms with E-state index in [-0.39, 0.29) is 23.7 Å². The number of methoxy groups -OCH3 is 1. The largest absolute Gasteiger partial charge is 0.490 e. The molecule has 0 saturated carbocycles. The summed E-state index contributed by atoms with van der Waals surface area (Å²) >= 11 is 0. The number of allylic oxidation sites excluding steroid dienone is 3. The zero-order chi connectivity index (χ0) is 19.9. The predicted octanol–water partition coefficient (Wildman–Crippen LogP) is 2.72. The number of ether oxygens (including phenoxy) is 2. The molecule has 1 aliphatic heterocycles. The first-order chi connectivity index (χ1) is 12.2. The maximum atomic E-state index is 11.8. The van der Waals surface area contributed by atoms with Gasteiger partial charge in [0.15, 0.2) is 5.76 Å². The molecule has 3 atom stereocenters. The number of primary amides is 1. The topological polar surface area (TPSA) is 105 Å². The summed E-state index contributed by atoms with van der Waals surface area (Å²) in [6.07, 6.45) is 8.42. The van der Waals surface area contributed by atoms with Crippen LogP contribution in [0.15, 0.2) is 46.9 Å². The van der Waals surface area contributed by atoms with Gasteiger partial charge in [-0.05, 0) is 31.4 Å². The second-order valence-corrected chi connectivity index (χ2v) is 6.60. The molecule has 1 rings (SSSR count). The minimum atomic E-state index is -0.494. The van der Waals surface area contributed by atoms with Crippen LogP contribution in [-0.4, -0.2) is 25.1 Å². The molecule has 0 radical (unpaired) electrons. The zero-order valence-corrected chi connectivity index (χ0v) is 16.2. The number of hydrogen-bond acceptors (Lipinski definition) is 5. The van der Waals surface area contributed by atoms with Crippen LogP contribution in [0.25, 0.3) is 0 Å². The van der Waals surface area contributed by atoms with Crippen LogP contribution in [0, 0.1) is 11.8 Å². The van der Waals surface area contributed by atoms with Crippen molar-refractivity contribution in [3.05, 3.63) is 46.9 Å². The number of carbonyl (C=O) groups is 2. The van der Waals surface area contributed by atoms with E-state index in [9.17, 15) is 9.59 Å². The quantitative estimate of drug-likeness (QED) is 0.392. The number of cyclic esters (lactones) is 1. The fraction of sp³-hybridized carbons (Fsp3) is 0.500. The molecule has 0 aliphatic carbocycles. The Balaban J connectivity index is 2.87. The monoisotopic (exact) mass is 362 g/mol. The first kappa shape index (κ1) is 21.5. The lowest BCUT2D eigenvalue weighted by Gasteiger charge is -2.25. The fourth-order valence-corrected chi connectivity index (χ4v) is 2.80. The summed E-state index contributed by atoms with van der Waals surface area (Å²) in [6.45, 7) is 7.81. The van der Waals surface area contributed by atoms with Crippen molar-refractivity contribution in [1.29, 1.82) is 0 Å². The fourth-order valence-electron chi connectivity index (χ4n) is 2.80. The Kier molecular flexibility index (Phi) is 8.16. The Morgan fingerprint density at radius 1 is 1.38 bits per heavy atom. The summed E-state index contributed by atoms with van der Waals surface area (Å²) in [5.41, 5.74) is 13.3. The minimum Gasteiger partial charge on any atom is -0.490 e. The van der Waals surface area contributed by atoms with E-state index >= 15 is 0 Å². The first-order valence-corrected chi connectivity index (χ1v) is 8.82. The number of amides is 1. The highest BCUT2D eigenvalue weighted by Gasteiger charge is 2.26. The van der Waals surface area contributed by atoms with Crippen LogP contribution < -0.4 is 11.5 Å². The maximum Gasteiger partial charge on any atom is 0.373 e. The highest BCUT2D eigenvalue weighted by Crippen LogP contribution is 2.23. The highest BCUT2D eigenvalue weighted by molar-refractivity contribution is 5.93. The normalized spacial score (nSPS) is 21.6. The number of carbonyl (C=O) groups excluding carboxylic acids is 2.